The van der Waals surface area contributed by atoms with E-state index in [-0.39, 0.29) is 22.0 Å². The molecule has 0 unspecified atom stereocenters. The van der Waals surface area contributed by atoms with E-state index < -0.39 is 17.0 Å². The molecule has 8 heteroatoms. The Labute approximate surface area is 202 Å². The van der Waals surface area contributed by atoms with Crippen LogP contribution in [-0.4, -0.2) is 16.0 Å². The van der Waals surface area contributed by atoms with Crippen molar-refractivity contribution in [3.05, 3.63) is 104 Å². The minimum atomic E-state index is -0.560. The van der Waals surface area contributed by atoms with Crippen LogP contribution in [0.4, 0.5) is 9.18 Å². The van der Waals surface area contributed by atoms with Crippen molar-refractivity contribution in [1.82, 2.24) is 4.90 Å². The zero-order chi connectivity index (χ0) is 22.7. The molecule has 0 bridgehead atoms. The number of ether oxygens (including phenoxy) is 1. The zero-order valence-electron chi connectivity index (χ0n) is 16.6. The summed E-state index contributed by atoms with van der Waals surface area (Å²) < 4.78 is 20.6. The van der Waals surface area contributed by atoms with Crippen LogP contribution >= 0.6 is 39.3 Å². The highest BCUT2D eigenvalue weighted by Crippen LogP contribution is 2.36. The minimum absolute atomic E-state index is 0.111. The normalized spacial score (nSPS) is 15.0. The second-order valence-corrected chi connectivity index (χ2v) is 9.19. The average Bonchev–Trinajstić information content (AvgIpc) is 3.03. The van der Waals surface area contributed by atoms with E-state index in [1.54, 1.807) is 18.2 Å². The molecule has 2 amide bonds. The van der Waals surface area contributed by atoms with Gasteiger partial charge in [-0.05, 0) is 69.2 Å². The van der Waals surface area contributed by atoms with Gasteiger partial charge in [-0.3, -0.25) is 14.5 Å². The number of carbonyl (C=O) groups is 2. The van der Waals surface area contributed by atoms with E-state index in [1.165, 1.54) is 18.2 Å². The van der Waals surface area contributed by atoms with Gasteiger partial charge in [-0.2, -0.15) is 0 Å². The number of rotatable bonds is 6. The molecule has 3 aromatic carbocycles. The summed E-state index contributed by atoms with van der Waals surface area (Å²) in [6, 6.07) is 19.4. The zero-order valence-corrected chi connectivity index (χ0v) is 19.7. The van der Waals surface area contributed by atoms with E-state index in [1.807, 2.05) is 36.4 Å². The third kappa shape index (κ3) is 5.06. The first kappa shape index (κ1) is 22.6. The van der Waals surface area contributed by atoms with Gasteiger partial charge in [0, 0.05) is 10.6 Å². The van der Waals surface area contributed by atoms with Gasteiger partial charge in [-0.1, -0.05) is 54.1 Å². The topological polar surface area (TPSA) is 46.6 Å². The Morgan fingerprint density at radius 1 is 1.06 bits per heavy atom. The number of imide groups is 1. The lowest BCUT2D eigenvalue weighted by molar-refractivity contribution is -0.123. The number of hydrogen-bond donors (Lipinski definition) is 0. The van der Waals surface area contributed by atoms with Crippen molar-refractivity contribution in [3.63, 3.8) is 0 Å². The fourth-order valence-electron chi connectivity index (χ4n) is 3.09. The monoisotopic (exact) mass is 531 g/mol. The fraction of sp³-hybridized carbons (Fsp3) is 0.0833. The molecule has 1 aliphatic rings. The number of benzene rings is 3. The SMILES string of the molecule is O=C1S/C(=C\c2ccc(OCc3ccccc3)c(Br)c2)C(=O)N1Cc1c(F)cccc1Cl. The lowest BCUT2D eigenvalue weighted by atomic mass is 10.2. The van der Waals surface area contributed by atoms with Gasteiger partial charge in [-0.15, -0.1) is 0 Å². The van der Waals surface area contributed by atoms with Crippen molar-refractivity contribution in [2.75, 3.05) is 0 Å². The minimum Gasteiger partial charge on any atom is -0.488 e. The molecular weight excluding hydrogens is 517 g/mol. The number of halogens is 3. The lowest BCUT2D eigenvalue weighted by Crippen LogP contribution is -2.28. The molecule has 0 aliphatic carbocycles. The number of hydrogen-bond acceptors (Lipinski definition) is 4. The third-order valence-electron chi connectivity index (χ3n) is 4.74. The number of nitrogens with zero attached hydrogens (tertiary/aromatic N) is 1. The molecule has 162 valence electrons. The van der Waals surface area contributed by atoms with Gasteiger partial charge in [0.1, 0.15) is 18.2 Å². The van der Waals surface area contributed by atoms with Crippen LogP contribution in [0.2, 0.25) is 5.02 Å². The largest absolute Gasteiger partial charge is 0.488 e. The van der Waals surface area contributed by atoms with Gasteiger partial charge in [0.05, 0.1) is 15.9 Å². The highest BCUT2D eigenvalue weighted by Gasteiger charge is 2.35. The molecule has 0 N–H and O–H groups in total. The van der Waals surface area contributed by atoms with Crippen LogP contribution in [0.5, 0.6) is 5.75 Å². The average molecular weight is 533 g/mol. The van der Waals surface area contributed by atoms with Crippen molar-refractivity contribution in [2.24, 2.45) is 0 Å². The van der Waals surface area contributed by atoms with E-state index in [0.29, 0.717) is 12.4 Å². The molecule has 1 heterocycles. The molecule has 0 aromatic heterocycles. The Hall–Kier alpha value is -2.61. The summed E-state index contributed by atoms with van der Waals surface area (Å²) in [5.41, 5.74) is 1.88. The molecular formula is C24H16BrClFNO3S. The second-order valence-electron chi connectivity index (χ2n) is 6.93. The van der Waals surface area contributed by atoms with Crippen LogP contribution in [0.15, 0.2) is 76.1 Å². The van der Waals surface area contributed by atoms with Crippen molar-refractivity contribution >= 4 is 56.5 Å². The van der Waals surface area contributed by atoms with E-state index in [4.69, 9.17) is 16.3 Å². The second kappa shape index (κ2) is 9.90. The maximum Gasteiger partial charge on any atom is 0.293 e. The maximum atomic E-state index is 14.1. The molecule has 3 aromatic rings. The Morgan fingerprint density at radius 3 is 2.56 bits per heavy atom. The predicted molar refractivity (Wildman–Crippen MR) is 128 cm³/mol. The van der Waals surface area contributed by atoms with Crippen LogP contribution < -0.4 is 4.74 Å². The Bertz CT molecular complexity index is 1200. The molecule has 32 heavy (non-hydrogen) atoms. The van der Waals surface area contributed by atoms with Gasteiger partial charge in [0.25, 0.3) is 11.1 Å². The molecule has 0 atom stereocenters. The van der Waals surface area contributed by atoms with Crippen molar-refractivity contribution in [1.29, 1.82) is 0 Å². The lowest BCUT2D eigenvalue weighted by Gasteiger charge is -2.14. The summed E-state index contributed by atoms with van der Waals surface area (Å²) in [7, 11) is 0. The van der Waals surface area contributed by atoms with Crippen LogP contribution in [-0.2, 0) is 17.9 Å². The van der Waals surface area contributed by atoms with Crippen molar-refractivity contribution in [3.8, 4) is 5.75 Å². The first-order chi connectivity index (χ1) is 15.4. The van der Waals surface area contributed by atoms with Gasteiger partial charge in [0.15, 0.2) is 0 Å². The van der Waals surface area contributed by atoms with Crippen molar-refractivity contribution in [2.45, 2.75) is 13.2 Å². The maximum absolute atomic E-state index is 14.1. The molecule has 1 saturated heterocycles. The van der Waals surface area contributed by atoms with E-state index in [9.17, 15) is 14.0 Å². The Balaban J connectivity index is 1.48. The van der Waals surface area contributed by atoms with Gasteiger partial charge >= 0.3 is 0 Å². The molecule has 4 nitrogen and oxygen atoms in total. The molecule has 0 saturated carbocycles. The number of carbonyl (C=O) groups excluding carboxylic acids is 2. The van der Waals surface area contributed by atoms with Crippen LogP contribution in [0.3, 0.4) is 0 Å². The Morgan fingerprint density at radius 2 is 1.84 bits per heavy atom. The highest BCUT2D eigenvalue weighted by atomic mass is 79.9. The molecule has 1 fully saturated rings. The summed E-state index contributed by atoms with van der Waals surface area (Å²) in [5, 5.41) is -0.300. The van der Waals surface area contributed by atoms with Gasteiger partial charge in [-0.25, -0.2) is 4.39 Å². The van der Waals surface area contributed by atoms with Crippen molar-refractivity contribution < 1.29 is 18.7 Å². The van der Waals surface area contributed by atoms with Gasteiger partial charge < -0.3 is 4.74 Å². The molecule has 0 spiro atoms. The molecule has 4 rings (SSSR count). The number of amides is 2. The van der Waals surface area contributed by atoms with Gasteiger partial charge in [0.2, 0.25) is 0 Å². The van der Waals surface area contributed by atoms with Crippen LogP contribution in [0.1, 0.15) is 16.7 Å². The van der Waals surface area contributed by atoms with Crippen LogP contribution in [0, 0.1) is 5.82 Å². The van der Waals surface area contributed by atoms with Crippen LogP contribution in [0.25, 0.3) is 6.08 Å². The number of thioether (sulfide) groups is 1. The quantitative estimate of drug-likeness (QED) is 0.319. The summed E-state index contributed by atoms with van der Waals surface area (Å²) in [6.07, 6.45) is 1.62. The highest BCUT2D eigenvalue weighted by molar-refractivity contribution is 9.10. The van der Waals surface area contributed by atoms with E-state index in [2.05, 4.69) is 15.9 Å². The van der Waals surface area contributed by atoms with E-state index >= 15 is 0 Å². The summed E-state index contributed by atoms with van der Waals surface area (Å²) in [4.78, 5) is 26.4. The smallest absolute Gasteiger partial charge is 0.293 e. The fourth-order valence-corrected chi connectivity index (χ4v) is 4.66. The summed E-state index contributed by atoms with van der Waals surface area (Å²) in [5.74, 6) is -0.385. The predicted octanol–water partition coefficient (Wildman–Crippen LogP) is 7.06. The molecule has 1 aliphatic heterocycles. The summed E-state index contributed by atoms with van der Waals surface area (Å²) in [6.45, 7) is 0.208. The Kier molecular flexibility index (Phi) is 6.98. The standard InChI is InChI=1S/C24H16BrClFNO3S/c25-18-11-16(9-10-21(18)31-14-15-5-2-1-3-6-15)12-22-23(29)28(24(30)32-22)13-17-19(26)7-4-8-20(17)27/h1-12H,13-14H2/b22-12-. The molecule has 0 radical (unpaired) electrons. The first-order valence-corrected chi connectivity index (χ1v) is 11.6. The summed E-state index contributed by atoms with van der Waals surface area (Å²) >= 11 is 10.3. The first-order valence-electron chi connectivity index (χ1n) is 9.57. The van der Waals surface area contributed by atoms with E-state index in [0.717, 1.165) is 32.3 Å². The third-order valence-corrected chi connectivity index (χ3v) is 6.62.